The summed E-state index contributed by atoms with van der Waals surface area (Å²) in [6, 6.07) is 0. The Bertz CT molecular complexity index is 517. The lowest BCUT2D eigenvalue weighted by molar-refractivity contribution is 0.0972. The van der Waals surface area contributed by atoms with Crippen LogP contribution in [0.25, 0.3) is 0 Å². The highest BCUT2D eigenvalue weighted by molar-refractivity contribution is 7.99. The third-order valence-corrected chi connectivity index (χ3v) is 6.24. The third-order valence-electron chi connectivity index (χ3n) is 4.01. The number of anilines is 2. The normalized spacial score (nSPS) is 20.4. The summed E-state index contributed by atoms with van der Waals surface area (Å²) < 4.78 is 0. The van der Waals surface area contributed by atoms with E-state index in [1.165, 1.54) is 0 Å². The zero-order chi connectivity index (χ0) is 14.3. The molecule has 20 heavy (non-hydrogen) atoms. The molecular formula is C14H20N2O2S2. The van der Waals surface area contributed by atoms with Gasteiger partial charge in [-0.1, -0.05) is 0 Å². The second-order valence-electron chi connectivity index (χ2n) is 5.54. The SMILES string of the molecule is CSc1c(N2CCC(O)CC2)sc(C(=O)C2CC2)c1N. The Kier molecular flexibility index (Phi) is 3.97. The molecular weight excluding hydrogens is 292 g/mol. The highest BCUT2D eigenvalue weighted by Gasteiger charge is 2.35. The summed E-state index contributed by atoms with van der Waals surface area (Å²) in [6.07, 6.45) is 5.42. The zero-order valence-corrected chi connectivity index (χ0v) is 13.2. The van der Waals surface area contributed by atoms with Gasteiger partial charge in [0.15, 0.2) is 5.78 Å². The van der Waals surface area contributed by atoms with Gasteiger partial charge >= 0.3 is 0 Å². The van der Waals surface area contributed by atoms with Crippen molar-refractivity contribution < 1.29 is 9.90 Å². The molecule has 0 radical (unpaired) electrons. The van der Waals surface area contributed by atoms with Crippen LogP contribution in [0, 0.1) is 5.92 Å². The molecule has 0 aromatic carbocycles. The maximum Gasteiger partial charge on any atom is 0.178 e. The number of hydrogen-bond acceptors (Lipinski definition) is 6. The van der Waals surface area contributed by atoms with Gasteiger partial charge in [-0.15, -0.1) is 23.1 Å². The van der Waals surface area contributed by atoms with Gasteiger partial charge in [-0.3, -0.25) is 4.79 Å². The summed E-state index contributed by atoms with van der Waals surface area (Å²) in [5, 5.41) is 10.7. The first kappa shape index (κ1) is 14.2. The molecule has 110 valence electrons. The van der Waals surface area contributed by atoms with Crippen LogP contribution in [0.2, 0.25) is 0 Å². The topological polar surface area (TPSA) is 66.6 Å². The Balaban J connectivity index is 1.89. The first-order chi connectivity index (χ1) is 9.61. The van der Waals surface area contributed by atoms with Crippen LogP contribution in [0.15, 0.2) is 4.90 Å². The number of carbonyl (C=O) groups excluding carboxylic acids is 1. The van der Waals surface area contributed by atoms with Crippen molar-refractivity contribution in [3.63, 3.8) is 0 Å². The molecule has 4 nitrogen and oxygen atoms in total. The molecule has 2 heterocycles. The van der Waals surface area contributed by atoms with E-state index in [9.17, 15) is 9.90 Å². The highest BCUT2D eigenvalue weighted by Crippen LogP contribution is 2.47. The Morgan fingerprint density at radius 3 is 2.55 bits per heavy atom. The van der Waals surface area contributed by atoms with Crippen molar-refractivity contribution in [1.29, 1.82) is 0 Å². The van der Waals surface area contributed by atoms with Gasteiger partial charge < -0.3 is 15.7 Å². The van der Waals surface area contributed by atoms with Crippen LogP contribution in [0.3, 0.4) is 0 Å². The van der Waals surface area contributed by atoms with E-state index in [0.717, 1.165) is 53.5 Å². The van der Waals surface area contributed by atoms with Gasteiger partial charge in [0, 0.05) is 19.0 Å². The first-order valence-electron chi connectivity index (χ1n) is 7.05. The monoisotopic (exact) mass is 312 g/mol. The number of thioether (sulfide) groups is 1. The molecule has 0 atom stereocenters. The molecule has 0 unspecified atom stereocenters. The van der Waals surface area contributed by atoms with Gasteiger partial charge in [0.2, 0.25) is 0 Å². The number of carbonyl (C=O) groups is 1. The third kappa shape index (κ3) is 2.56. The lowest BCUT2D eigenvalue weighted by Gasteiger charge is -2.30. The van der Waals surface area contributed by atoms with E-state index in [1.54, 1.807) is 23.1 Å². The van der Waals surface area contributed by atoms with Crippen LogP contribution in [0.4, 0.5) is 10.7 Å². The number of aliphatic hydroxyl groups excluding tert-OH is 1. The van der Waals surface area contributed by atoms with Gasteiger partial charge in [0.05, 0.1) is 21.6 Å². The second-order valence-corrected chi connectivity index (χ2v) is 7.36. The second kappa shape index (κ2) is 5.58. The van der Waals surface area contributed by atoms with Crippen LogP contribution in [0.5, 0.6) is 0 Å². The van der Waals surface area contributed by atoms with E-state index in [1.807, 2.05) is 6.26 Å². The lowest BCUT2D eigenvalue weighted by Crippen LogP contribution is -2.35. The number of nitrogens with zero attached hydrogens (tertiary/aromatic N) is 1. The fourth-order valence-corrected chi connectivity index (χ4v) is 4.86. The summed E-state index contributed by atoms with van der Waals surface area (Å²) in [6.45, 7) is 1.68. The molecule has 6 heteroatoms. The average molecular weight is 312 g/mol. The van der Waals surface area contributed by atoms with Gasteiger partial charge in [-0.05, 0) is 31.9 Å². The molecule has 3 N–H and O–H groups in total. The fraction of sp³-hybridized carbons (Fsp3) is 0.643. The molecule has 1 saturated heterocycles. The summed E-state index contributed by atoms with van der Waals surface area (Å²) in [5.41, 5.74) is 6.87. The van der Waals surface area contributed by atoms with Crippen LogP contribution >= 0.6 is 23.1 Å². The number of Topliss-reactive ketones (excluding diaryl/α,β-unsaturated/α-hetero) is 1. The van der Waals surface area contributed by atoms with Crippen molar-refractivity contribution >= 4 is 39.6 Å². The standard InChI is InChI=1S/C14H20N2O2S2/c1-19-13-10(15)12(11(18)8-2-3-8)20-14(13)16-6-4-9(17)5-7-16/h8-9,17H,2-7,15H2,1H3. The largest absolute Gasteiger partial charge is 0.396 e. The minimum atomic E-state index is -0.186. The predicted molar refractivity (Wildman–Crippen MR) is 85.0 cm³/mol. The molecule has 1 aliphatic heterocycles. The maximum absolute atomic E-state index is 12.3. The van der Waals surface area contributed by atoms with Crippen molar-refractivity contribution in [2.75, 3.05) is 30.0 Å². The molecule has 3 rings (SSSR count). The number of ketones is 1. The summed E-state index contributed by atoms with van der Waals surface area (Å²) in [4.78, 5) is 16.4. The fourth-order valence-electron chi connectivity index (χ4n) is 2.60. The van der Waals surface area contributed by atoms with Gasteiger partial charge in [0.1, 0.15) is 5.00 Å². The van der Waals surface area contributed by atoms with E-state index >= 15 is 0 Å². The van der Waals surface area contributed by atoms with Crippen LogP contribution < -0.4 is 10.6 Å². The van der Waals surface area contributed by atoms with E-state index in [4.69, 9.17) is 5.73 Å². The molecule has 2 aliphatic rings. The summed E-state index contributed by atoms with van der Waals surface area (Å²) in [7, 11) is 0. The molecule has 0 amide bonds. The van der Waals surface area contributed by atoms with E-state index in [2.05, 4.69) is 4.90 Å². The quantitative estimate of drug-likeness (QED) is 0.661. The Morgan fingerprint density at radius 2 is 2.00 bits per heavy atom. The first-order valence-corrected chi connectivity index (χ1v) is 9.09. The molecule has 1 aliphatic carbocycles. The molecule has 0 spiro atoms. The molecule has 0 bridgehead atoms. The minimum absolute atomic E-state index is 0.186. The lowest BCUT2D eigenvalue weighted by atomic mass is 10.1. The van der Waals surface area contributed by atoms with Crippen molar-refractivity contribution in [2.45, 2.75) is 36.7 Å². The van der Waals surface area contributed by atoms with Gasteiger partial charge in [-0.2, -0.15) is 0 Å². The molecule has 1 aromatic rings. The number of aliphatic hydroxyl groups is 1. The van der Waals surface area contributed by atoms with E-state index < -0.39 is 0 Å². The van der Waals surface area contributed by atoms with Crippen molar-refractivity contribution in [2.24, 2.45) is 5.92 Å². The average Bonchev–Trinajstić information content (AvgIpc) is 3.23. The minimum Gasteiger partial charge on any atom is -0.396 e. The smallest absolute Gasteiger partial charge is 0.178 e. The molecule has 1 saturated carbocycles. The number of rotatable bonds is 4. The van der Waals surface area contributed by atoms with E-state index in [0.29, 0.717) is 5.69 Å². The summed E-state index contributed by atoms with van der Waals surface area (Å²) >= 11 is 3.16. The number of thiophene rings is 1. The molecule has 1 aromatic heterocycles. The summed E-state index contributed by atoms with van der Waals surface area (Å²) in [5.74, 6) is 0.438. The van der Waals surface area contributed by atoms with Crippen LogP contribution in [0.1, 0.15) is 35.4 Å². The van der Waals surface area contributed by atoms with Crippen molar-refractivity contribution in [3.05, 3.63) is 4.88 Å². The highest BCUT2D eigenvalue weighted by atomic mass is 32.2. The number of nitrogen functional groups attached to an aromatic ring is 1. The van der Waals surface area contributed by atoms with Gasteiger partial charge in [0.25, 0.3) is 0 Å². The van der Waals surface area contributed by atoms with Crippen molar-refractivity contribution in [3.8, 4) is 0 Å². The predicted octanol–water partition coefficient (Wildman–Crippen LogP) is 2.61. The molecule has 2 fully saturated rings. The number of hydrogen-bond donors (Lipinski definition) is 2. The number of piperidine rings is 1. The van der Waals surface area contributed by atoms with Crippen LogP contribution in [-0.4, -0.2) is 36.3 Å². The Labute approximate surface area is 127 Å². The van der Waals surface area contributed by atoms with E-state index in [-0.39, 0.29) is 17.8 Å². The Morgan fingerprint density at radius 1 is 1.35 bits per heavy atom. The van der Waals surface area contributed by atoms with Crippen LogP contribution in [-0.2, 0) is 0 Å². The Hall–Kier alpha value is -0.720. The zero-order valence-electron chi connectivity index (χ0n) is 11.6. The van der Waals surface area contributed by atoms with Gasteiger partial charge in [-0.25, -0.2) is 0 Å². The van der Waals surface area contributed by atoms with Crippen molar-refractivity contribution in [1.82, 2.24) is 0 Å². The maximum atomic E-state index is 12.3. The number of nitrogens with two attached hydrogens (primary N) is 1.